The first kappa shape index (κ1) is 26.6. The van der Waals surface area contributed by atoms with Crippen LogP contribution in [-0.2, 0) is 11.3 Å². The number of aromatic hydroxyl groups is 1. The summed E-state index contributed by atoms with van der Waals surface area (Å²) in [6, 6.07) is 4.43. The van der Waals surface area contributed by atoms with Gasteiger partial charge in [-0.3, -0.25) is 24.0 Å². The number of nitrogens with one attached hydrogen (secondary N) is 1. The highest BCUT2D eigenvalue weighted by atomic mass is 19.3. The Morgan fingerprint density at radius 3 is 2.60 bits per heavy atom. The molecule has 2 N–H and O–H groups in total. The van der Waals surface area contributed by atoms with E-state index in [1.54, 1.807) is 6.07 Å². The third kappa shape index (κ3) is 5.13. The Balaban J connectivity index is 1.34. The fourth-order valence-corrected chi connectivity index (χ4v) is 6.09. The van der Waals surface area contributed by atoms with Gasteiger partial charge in [-0.05, 0) is 49.3 Å². The maximum absolute atomic E-state index is 13.7. The van der Waals surface area contributed by atoms with Crippen LogP contribution in [-0.4, -0.2) is 76.0 Å². The van der Waals surface area contributed by atoms with Crippen LogP contribution < -0.4 is 15.6 Å². The molecule has 0 aromatic carbocycles. The number of hydrogen-bond donors (Lipinski definition) is 2. The molecule has 2 aliphatic carbocycles. The van der Waals surface area contributed by atoms with E-state index in [0.717, 1.165) is 25.9 Å². The highest BCUT2D eigenvalue weighted by Gasteiger charge is 2.48. The summed E-state index contributed by atoms with van der Waals surface area (Å²) in [6.07, 6.45) is 8.00. The van der Waals surface area contributed by atoms with Crippen LogP contribution in [0, 0.1) is 5.41 Å². The first-order valence-electron chi connectivity index (χ1n) is 13.6. The molecule has 3 aromatic heterocycles. The largest absolute Gasteiger partial charge is 0.506 e. The predicted octanol–water partition coefficient (Wildman–Crippen LogP) is 3.16. The minimum absolute atomic E-state index is 0.0215. The average molecular weight is 556 g/mol. The van der Waals surface area contributed by atoms with E-state index in [0.29, 0.717) is 36.4 Å². The standard InChI is InChI=1S/C28H31F2N5O5/c29-27(30)40-19-2-3-21(31-16-19)17-12-20-23(36)22(25(37)33-18-13-28(14-18)4-1-5-28)26(38)35(24(20)32-15-17)7-6-34-8-10-39-11-9-34/h2-3,12,15-16,18,27,36H,1,4-11,13-14H2,(H,33,37). The summed E-state index contributed by atoms with van der Waals surface area (Å²) in [7, 11) is 0. The molecule has 12 heteroatoms. The SMILES string of the molecule is O=C(NC1CC2(CCC2)C1)c1c(O)c2cc(-c3ccc(OC(F)F)cn3)cnc2n(CCN2CCOCC2)c1=O. The van der Waals surface area contributed by atoms with Crippen molar-refractivity contribution in [1.82, 2.24) is 24.8 Å². The normalized spacial score (nSPS) is 19.0. The molecule has 40 heavy (non-hydrogen) atoms. The molecule has 0 atom stereocenters. The van der Waals surface area contributed by atoms with Crippen LogP contribution in [0.25, 0.3) is 22.3 Å². The molecule has 6 rings (SSSR count). The lowest BCUT2D eigenvalue weighted by atomic mass is 9.54. The van der Waals surface area contributed by atoms with Gasteiger partial charge in [0.2, 0.25) is 0 Å². The zero-order valence-electron chi connectivity index (χ0n) is 21.9. The van der Waals surface area contributed by atoms with E-state index >= 15 is 0 Å². The summed E-state index contributed by atoms with van der Waals surface area (Å²) >= 11 is 0. The molecule has 212 valence electrons. The number of rotatable bonds is 8. The molecular weight excluding hydrogens is 524 g/mol. The van der Waals surface area contributed by atoms with Crippen molar-refractivity contribution in [2.75, 3.05) is 32.8 Å². The van der Waals surface area contributed by atoms with E-state index in [1.807, 2.05) is 0 Å². The fourth-order valence-electron chi connectivity index (χ4n) is 6.09. The Bertz CT molecular complexity index is 1460. The van der Waals surface area contributed by atoms with Crippen molar-refractivity contribution < 1.29 is 28.2 Å². The molecule has 4 heterocycles. The molecule has 3 aliphatic rings. The van der Waals surface area contributed by atoms with E-state index in [2.05, 4.69) is 24.9 Å². The van der Waals surface area contributed by atoms with Crippen LogP contribution in [0.4, 0.5) is 8.78 Å². The highest BCUT2D eigenvalue weighted by Crippen LogP contribution is 2.55. The van der Waals surface area contributed by atoms with E-state index < -0.39 is 23.8 Å². The van der Waals surface area contributed by atoms with Gasteiger partial charge >= 0.3 is 6.61 Å². The number of ether oxygens (including phenoxy) is 2. The van der Waals surface area contributed by atoms with Crippen LogP contribution in [0.5, 0.6) is 11.5 Å². The molecule has 0 bridgehead atoms. The van der Waals surface area contributed by atoms with Gasteiger partial charge < -0.3 is 19.9 Å². The van der Waals surface area contributed by atoms with Gasteiger partial charge in [-0.15, -0.1) is 0 Å². The Morgan fingerprint density at radius 2 is 1.95 bits per heavy atom. The van der Waals surface area contributed by atoms with E-state index in [4.69, 9.17) is 4.74 Å². The van der Waals surface area contributed by atoms with Crippen molar-refractivity contribution >= 4 is 16.9 Å². The Kier molecular flexibility index (Phi) is 7.13. The van der Waals surface area contributed by atoms with Crippen molar-refractivity contribution in [2.45, 2.75) is 51.3 Å². The number of pyridine rings is 3. The van der Waals surface area contributed by atoms with Gasteiger partial charge in [0.15, 0.2) is 0 Å². The van der Waals surface area contributed by atoms with Crippen molar-refractivity contribution in [3.8, 4) is 22.8 Å². The van der Waals surface area contributed by atoms with Crippen LogP contribution in [0.3, 0.4) is 0 Å². The number of alkyl halides is 2. The van der Waals surface area contributed by atoms with E-state index in [-0.39, 0.29) is 34.9 Å². The first-order valence-corrected chi connectivity index (χ1v) is 13.6. The number of nitrogens with zero attached hydrogens (tertiary/aromatic N) is 4. The number of carbonyl (C=O) groups excluding carboxylic acids is 1. The topological polar surface area (TPSA) is 119 Å². The molecular formula is C28H31F2N5O5. The van der Waals surface area contributed by atoms with Crippen LogP contribution in [0.1, 0.15) is 42.5 Å². The summed E-state index contributed by atoms with van der Waals surface area (Å²) in [5.41, 5.74) is 0.543. The summed E-state index contributed by atoms with van der Waals surface area (Å²) in [6.45, 7) is 0.532. The number of amides is 1. The molecule has 3 fully saturated rings. The lowest BCUT2D eigenvalue weighted by Gasteiger charge is -2.54. The van der Waals surface area contributed by atoms with Crippen molar-refractivity contribution in [2.24, 2.45) is 5.41 Å². The summed E-state index contributed by atoms with van der Waals surface area (Å²) in [5.74, 6) is -1.13. The number of morpholine rings is 1. The van der Waals surface area contributed by atoms with Crippen LogP contribution in [0.2, 0.25) is 0 Å². The first-order chi connectivity index (χ1) is 19.3. The number of carbonyl (C=O) groups is 1. The monoisotopic (exact) mass is 555 g/mol. The predicted molar refractivity (Wildman–Crippen MR) is 142 cm³/mol. The molecule has 0 unspecified atom stereocenters. The van der Waals surface area contributed by atoms with Crippen LogP contribution >= 0.6 is 0 Å². The lowest BCUT2D eigenvalue weighted by Crippen LogP contribution is -2.54. The maximum atomic E-state index is 13.7. The zero-order valence-corrected chi connectivity index (χ0v) is 21.9. The second-order valence-electron chi connectivity index (χ2n) is 10.9. The van der Waals surface area contributed by atoms with Gasteiger partial charge in [-0.25, -0.2) is 4.98 Å². The van der Waals surface area contributed by atoms with Crippen molar-refractivity contribution in [3.63, 3.8) is 0 Å². The average Bonchev–Trinajstić information content (AvgIpc) is 2.90. The minimum Gasteiger partial charge on any atom is -0.506 e. The minimum atomic E-state index is -2.97. The summed E-state index contributed by atoms with van der Waals surface area (Å²) in [4.78, 5) is 37.8. The van der Waals surface area contributed by atoms with Gasteiger partial charge in [-0.2, -0.15) is 8.78 Å². The molecule has 2 saturated carbocycles. The molecule has 10 nitrogen and oxygen atoms in total. The van der Waals surface area contributed by atoms with Gasteiger partial charge in [0.25, 0.3) is 11.5 Å². The summed E-state index contributed by atoms with van der Waals surface area (Å²) in [5, 5.41) is 14.4. The third-order valence-corrected chi connectivity index (χ3v) is 8.41. The molecule has 1 aliphatic heterocycles. The molecule has 3 aromatic rings. The van der Waals surface area contributed by atoms with Gasteiger partial charge in [0, 0.05) is 44.0 Å². The zero-order chi connectivity index (χ0) is 27.9. The number of halogens is 2. The van der Waals surface area contributed by atoms with E-state index in [9.17, 15) is 23.5 Å². The molecule has 1 spiro atoms. The second-order valence-corrected chi connectivity index (χ2v) is 10.9. The summed E-state index contributed by atoms with van der Waals surface area (Å²) < 4.78 is 36.3. The second kappa shape index (κ2) is 10.7. The number of hydrogen-bond acceptors (Lipinski definition) is 8. The molecule has 1 amide bonds. The quantitative estimate of drug-likeness (QED) is 0.435. The smallest absolute Gasteiger partial charge is 0.387 e. The van der Waals surface area contributed by atoms with E-state index in [1.165, 1.54) is 48.4 Å². The molecule has 1 saturated heterocycles. The lowest BCUT2D eigenvalue weighted by molar-refractivity contribution is -0.0500. The number of fused-ring (bicyclic) bond motifs is 1. The number of aromatic nitrogens is 3. The highest BCUT2D eigenvalue weighted by molar-refractivity contribution is 6.02. The molecule has 0 radical (unpaired) electrons. The van der Waals surface area contributed by atoms with Crippen molar-refractivity contribution in [3.05, 3.63) is 46.5 Å². The Labute approximate surface area is 228 Å². The third-order valence-electron chi connectivity index (χ3n) is 8.41. The van der Waals surface area contributed by atoms with Gasteiger partial charge in [0.1, 0.15) is 22.7 Å². The van der Waals surface area contributed by atoms with Gasteiger partial charge in [-0.1, -0.05) is 6.42 Å². The Hall–Kier alpha value is -3.64. The fraction of sp³-hybridized carbons (Fsp3) is 0.500. The maximum Gasteiger partial charge on any atom is 0.387 e. The van der Waals surface area contributed by atoms with Crippen molar-refractivity contribution in [1.29, 1.82) is 0 Å². The van der Waals surface area contributed by atoms with Gasteiger partial charge in [0.05, 0.1) is 30.5 Å². The Morgan fingerprint density at radius 1 is 1.18 bits per heavy atom. The van der Waals surface area contributed by atoms with Crippen LogP contribution in [0.15, 0.2) is 35.4 Å².